The van der Waals surface area contributed by atoms with E-state index < -0.39 is 0 Å². The molecule has 1 heterocycles. The minimum absolute atomic E-state index is 0.160. The molecule has 0 fully saturated rings. The molecule has 0 radical (unpaired) electrons. The monoisotopic (exact) mass is 260 g/mol. The highest BCUT2D eigenvalue weighted by atomic mass is 79.9. The average molecular weight is 262 g/mol. The van der Waals surface area contributed by atoms with Gasteiger partial charge in [0, 0.05) is 17.2 Å². The highest BCUT2D eigenvalue weighted by Crippen LogP contribution is 2.12. The van der Waals surface area contributed by atoms with Crippen LogP contribution in [0.3, 0.4) is 0 Å². The molecule has 0 N–H and O–H groups in total. The summed E-state index contributed by atoms with van der Waals surface area (Å²) in [6.45, 7) is 0.370. The number of hydrogen-bond donors (Lipinski definition) is 0. The van der Waals surface area contributed by atoms with Crippen LogP contribution >= 0.6 is 27.5 Å². The van der Waals surface area contributed by atoms with Gasteiger partial charge in [-0.15, -0.1) is 0 Å². The number of hydrogen-bond acceptors (Lipinski definition) is 2. The molecule has 1 aromatic rings. The molecule has 0 atom stereocenters. The summed E-state index contributed by atoms with van der Waals surface area (Å²) in [4.78, 5) is 11.3. The molecule has 0 aliphatic heterocycles. The topological polar surface area (TPSA) is 45.8 Å². The normalized spacial score (nSPS) is 9.62. The van der Waals surface area contributed by atoms with Crippen molar-refractivity contribution in [3.05, 3.63) is 32.1 Å². The zero-order valence-corrected chi connectivity index (χ0v) is 8.97. The molecule has 0 amide bonds. The smallest absolute Gasteiger partial charge is 0.269 e. The van der Waals surface area contributed by atoms with E-state index in [1.165, 1.54) is 10.6 Å². The van der Waals surface area contributed by atoms with Crippen LogP contribution in [0.2, 0.25) is 5.02 Å². The summed E-state index contributed by atoms with van der Waals surface area (Å²) in [5, 5.41) is 8.51. The molecule has 1 aromatic heterocycles. The van der Waals surface area contributed by atoms with Crippen molar-refractivity contribution in [2.45, 2.75) is 13.0 Å². The van der Waals surface area contributed by atoms with Gasteiger partial charge >= 0.3 is 0 Å². The van der Waals surface area contributed by atoms with Gasteiger partial charge in [-0.3, -0.25) is 4.79 Å². The maximum absolute atomic E-state index is 11.3. The summed E-state index contributed by atoms with van der Waals surface area (Å²) in [5.41, 5.74) is -0.264. The third-order valence-electron chi connectivity index (χ3n) is 1.47. The lowest BCUT2D eigenvalue weighted by Crippen LogP contribution is -2.19. The summed E-state index contributed by atoms with van der Waals surface area (Å²) < 4.78 is 2.14. The van der Waals surface area contributed by atoms with E-state index in [9.17, 15) is 4.79 Å². The van der Waals surface area contributed by atoms with Crippen LogP contribution in [0.25, 0.3) is 0 Å². The molecular weight excluding hydrogens is 255 g/mol. The lowest BCUT2D eigenvalue weighted by atomic mass is 10.4. The van der Waals surface area contributed by atoms with Crippen molar-refractivity contribution >= 4 is 27.5 Å². The van der Waals surface area contributed by atoms with Gasteiger partial charge in [0.15, 0.2) is 0 Å². The Bertz CT molecular complexity index is 408. The molecule has 0 aromatic carbocycles. The number of rotatable bonds is 2. The van der Waals surface area contributed by atoms with Gasteiger partial charge in [-0.05, 0) is 22.0 Å². The van der Waals surface area contributed by atoms with Gasteiger partial charge in [0.2, 0.25) is 0 Å². The summed E-state index contributed by atoms with van der Waals surface area (Å²) in [5.74, 6) is 0. The quantitative estimate of drug-likeness (QED) is 0.819. The van der Waals surface area contributed by atoms with Gasteiger partial charge < -0.3 is 4.57 Å². The van der Waals surface area contributed by atoms with Crippen molar-refractivity contribution in [3.63, 3.8) is 0 Å². The van der Waals surface area contributed by atoms with Crippen molar-refractivity contribution in [1.82, 2.24) is 4.57 Å². The van der Waals surface area contributed by atoms with Crippen molar-refractivity contribution in [2.75, 3.05) is 0 Å². The lowest BCUT2D eigenvalue weighted by molar-refractivity contribution is 0.684. The Labute approximate surface area is 88.7 Å². The number of halogens is 2. The third kappa shape index (κ3) is 2.58. The predicted octanol–water partition coefficient (Wildman–Crippen LogP) is 2.18. The Morgan fingerprint density at radius 2 is 2.38 bits per heavy atom. The first kappa shape index (κ1) is 10.3. The van der Waals surface area contributed by atoms with Crippen LogP contribution in [-0.2, 0) is 6.54 Å². The first-order chi connectivity index (χ1) is 6.15. The van der Waals surface area contributed by atoms with Crippen LogP contribution in [0.15, 0.2) is 21.5 Å². The SMILES string of the molecule is N#CCCn1cc(Br)cc(Cl)c1=O. The molecule has 3 nitrogen and oxygen atoms in total. The molecule has 5 heteroatoms. The maximum Gasteiger partial charge on any atom is 0.269 e. The van der Waals surface area contributed by atoms with Gasteiger partial charge in [-0.1, -0.05) is 11.6 Å². The lowest BCUT2D eigenvalue weighted by Gasteiger charge is -2.03. The predicted molar refractivity (Wildman–Crippen MR) is 53.6 cm³/mol. The van der Waals surface area contributed by atoms with E-state index in [0.29, 0.717) is 13.0 Å². The largest absolute Gasteiger partial charge is 0.312 e. The second-order valence-corrected chi connectivity index (χ2v) is 3.74. The van der Waals surface area contributed by atoms with E-state index in [-0.39, 0.29) is 10.6 Å². The molecule has 0 spiro atoms. The zero-order chi connectivity index (χ0) is 9.84. The van der Waals surface area contributed by atoms with E-state index >= 15 is 0 Å². The molecule has 0 aliphatic carbocycles. The van der Waals surface area contributed by atoms with Crippen LogP contribution < -0.4 is 5.56 Å². The highest BCUT2D eigenvalue weighted by Gasteiger charge is 2.02. The fourth-order valence-electron chi connectivity index (χ4n) is 0.901. The number of nitriles is 1. The van der Waals surface area contributed by atoms with Crippen molar-refractivity contribution in [3.8, 4) is 6.07 Å². The molecular formula is C8H6BrClN2O. The summed E-state index contributed by atoms with van der Waals surface area (Å²) >= 11 is 8.86. The van der Waals surface area contributed by atoms with E-state index in [2.05, 4.69) is 15.9 Å². The molecule has 0 unspecified atom stereocenters. The van der Waals surface area contributed by atoms with Gasteiger partial charge in [-0.2, -0.15) is 5.26 Å². The molecule has 0 bridgehead atoms. The number of nitrogens with zero attached hydrogens (tertiary/aromatic N) is 2. The fraction of sp³-hybridized carbons (Fsp3) is 0.250. The number of pyridine rings is 1. The second-order valence-electron chi connectivity index (χ2n) is 2.41. The Morgan fingerprint density at radius 3 is 3.00 bits per heavy atom. The molecule has 13 heavy (non-hydrogen) atoms. The van der Waals surface area contributed by atoms with Gasteiger partial charge in [0.1, 0.15) is 5.02 Å². The summed E-state index contributed by atoms with van der Waals surface area (Å²) in [6.07, 6.45) is 1.91. The minimum Gasteiger partial charge on any atom is -0.312 e. The zero-order valence-electron chi connectivity index (χ0n) is 6.63. The Morgan fingerprint density at radius 1 is 1.69 bits per heavy atom. The van der Waals surface area contributed by atoms with Crippen molar-refractivity contribution in [1.29, 1.82) is 5.26 Å². The molecule has 0 saturated carbocycles. The van der Waals surface area contributed by atoms with Crippen LogP contribution in [0, 0.1) is 11.3 Å². The van der Waals surface area contributed by atoms with Crippen molar-refractivity contribution < 1.29 is 0 Å². The maximum atomic E-state index is 11.3. The molecule has 0 aliphatic rings. The summed E-state index contributed by atoms with van der Waals surface area (Å²) in [7, 11) is 0. The van der Waals surface area contributed by atoms with Gasteiger partial charge in [0.25, 0.3) is 5.56 Å². The Hall–Kier alpha value is -0.790. The molecule has 1 rings (SSSR count). The van der Waals surface area contributed by atoms with E-state index in [0.717, 1.165) is 4.47 Å². The summed E-state index contributed by atoms with van der Waals surface area (Å²) in [6, 6.07) is 3.50. The third-order valence-corrected chi connectivity index (χ3v) is 2.18. The number of aryl methyl sites for hydroxylation is 1. The highest BCUT2D eigenvalue weighted by molar-refractivity contribution is 9.10. The standard InChI is InChI=1S/C8H6BrClN2O/c9-6-4-7(10)8(13)12(5-6)3-1-2-11/h4-5H,1,3H2. The average Bonchev–Trinajstić information content (AvgIpc) is 2.09. The van der Waals surface area contributed by atoms with Crippen LogP contribution in [0.1, 0.15) is 6.42 Å². The van der Waals surface area contributed by atoms with Gasteiger partial charge in [-0.25, -0.2) is 0 Å². The van der Waals surface area contributed by atoms with Crippen LogP contribution in [-0.4, -0.2) is 4.57 Å². The minimum atomic E-state index is -0.264. The Balaban J connectivity index is 3.07. The van der Waals surface area contributed by atoms with Crippen molar-refractivity contribution in [2.24, 2.45) is 0 Å². The molecule has 68 valence electrons. The second kappa shape index (κ2) is 4.45. The number of aromatic nitrogens is 1. The van der Waals surface area contributed by atoms with E-state index in [1.807, 2.05) is 6.07 Å². The van der Waals surface area contributed by atoms with Gasteiger partial charge in [0.05, 0.1) is 12.5 Å². The van der Waals surface area contributed by atoms with E-state index in [4.69, 9.17) is 16.9 Å². The van der Waals surface area contributed by atoms with E-state index in [1.54, 1.807) is 6.20 Å². The van der Waals surface area contributed by atoms with Crippen LogP contribution in [0.5, 0.6) is 0 Å². The molecule has 0 saturated heterocycles. The van der Waals surface area contributed by atoms with Crippen LogP contribution in [0.4, 0.5) is 0 Å². The fourth-order valence-corrected chi connectivity index (χ4v) is 1.74. The first-order valence-electron chi connectivity index (χ1n) is 3.57. The Kier molecular flexibility index (Phi) is 3.52. The first-order valence-corrected chi connectivity index (χ1v) is 4.74.